The number of aromatic nitrogens is 2. The van der Waals surface area contributed by atoms with Crippen molar-refractivity contribution in [2.24, 2.45) is 7.05 Å². The van der Waals surface area contributed by atoms with E-state index < -0.39 is 0 Å². The SMILES string of the molecule is Cn1nccc1CC(=O)NC1c2ccccc2CCC1N1CCCC1. The van der Waals surface area contributed by atoms with Gasteiger partial charge in [-0.05, 0) is 56.0 Å². The summed E-state index contributed by atoms with van der Waals surface area (Å²) in [4.78, 5) is 15.3. The van der Waals surface area contributed by atoms with Gasteiger partial charge in [0.1, 0.15) is 0 Å². The molecule has 1 fully saturated rings. The van der Waals surface area contributed by atoms with Crippen molar-refractivity contribution in [3.63, 3.8) is 0 Å². The predicted molar refractivity (Wildman–Crippen MR) is 97.2 cm³/mol. The number of aryl methyl sites for hydroxylation is 2. The van der Waals surface area contributed by atoms with Crippen molar-refractivity contribution in [1.82, 2.24) is 20.0 Å². The van der Waals surface area contributed by atoms with E-state index in [0.717, 1.165) is 31.6 Å². The topological polar surface area (TPSA) is 50.2 Å². The third-order valence-electron chi connectivity index (χ3n) is 5.67. The van der Waals surface area contributed by atoms with Crippen molar-refractivity contribution in [2.45, 2.75) is 44.2 Å². The molecule has 1 aromatic heterocycles. The molecule has 2 aromatic rings. The number of amides is 1. The molecule has 0 radical (unpaired) electrons. The van der Waals surface area contributed by atoms with E-state index in [1.165, 1.54) is 24.0 Å². The molecule has 1 saturated heterocycles. The predicted octanol–water partition coefficient (Wildman–Crippen LogP) is 2.23. The fourth-order valence-corrected chi connectivity index (χ4v) is 4.35. The molecule has 0 saturated carbocycles. The lowest BCUT2D eigenvalue weighted by molar-refractivity contribution is -0.121. The molecule has 2 aliphatic rings. The summed E-state index contributed by atoms with van der Waals surface area (Å²) in [5, 5.41) is 7.50. The van der Waals surface area contributed by atoms with Crippen LogP contribution < -0.4 is 5.32 Å². The average molecular weight is 338 g/mol. The summed E-state index contributed by atoms with van der Waals surface area (Å²) in [6.07, 6.45) is 6.88. The molecular weight excluding hydrogens is 312 g/mol. The summed E-state index contributed by atoms with van der Waals surface area (Å²) in [5.74, 6) is 0.0782. The van der Waals surface area contributed by atoms with Crippen LogP contribution in [0.5, 0.6) is 0 Å². The first-order chi connectivity index (χ1) is 12.2. The quantitative estimate of drug-likeness (QED) is 0.930. The van der Waals surface area contributed by atoms with Crippen LogP contribution in [-0.2, 0) is 24.7 Å². The fourth-order valence-electron chi connectivity index (χ4n) is 4.35. The van der Waals surface area contributed by atoms with E-state index >= 15 is 0 Å². The first-order valence-electron chi connectivity index (χ1n) is 9.30. The minimum absolute atomic E-state index is 0.0782. The lowest BCUT2D eigenvalue weighted by Gasteiger charge is -2.39. The lowest BCUT2D eigenvalue weighted by Crippen LogP contribution is -2.48. The van der Waals surface area contributed by atoms with Crippen LogP contribution in [-0.4, -0.2) is 39.7 Å². The number of carbonyl (C=O) groups is 1. The van der Waals surface area contributed by atoms with Crippen LogP contribution in [0.3, 0.4) is 0 Å². The van der Waals surface area contributed by atoms with Crippen molar-refractivity contribution in [1.29, 1.82) is 0 Å². The molecule has 2 unspecified atom stereocenters. The number of likely N-dealkylation sites (tertiary alicyclic amines) is 1. The molecule has 1 aromatic carbocycles. The number of hydrogen-bond acceptors (Lipinski definition) is 3. The summed E-state index contributed by atoms with van der Waals surface area (Å²) in [6.45, 7) is 2.31. The third kappa shape index (κ3) is 3.33. The Hall–Kier alpha value is -2.14. The Balaban J connectivity index is 1.56. The standard InChI is InChI=1S/C20H26N4O/c1-23-16(10-11-21-23)14-19(25)22-20-17-7-3-2-6-15(17)8-9-18(20)24-12-4-5-13-24/h2-3,6-7,10-11,18,20H,4-5,8-9,12-14H2,1H3,(H,22,25). The molecule has 1 amide bonds. The molecule has 132 valence electrons. The normalized spacial score (nSPS) is 23.4. The van der Waals surface area contributed by atoms with Gasteiger partial charge in [0, 0.05) is 25.0 Å². The second-order valence-corrected chi connectivity index (χ2v) is 7.22. The van der Waals surface area contributed by atoms with Crippen molar-refractivity contribution in [3.05, 3.63) is 53.3 Å². The smallest absolute Gasteiger partial charge is 0.226 e. The number of rotatable bonds is 4. The van der Waals surface area contributed by atoms with Crippen molar-refractivity contribution >= 4 is 5.91 Å². The molecule has 2 heterocycles. The van der Waals surface area contributed by atoms with Gasteiger partial charge in [0.25, 0.3) is 0 Å². The number of hydrogen-bond donors (Lipinski definition) is 1. The molecule has 25 heavy (non-hydrogen) atoms. The van der Waals surface area contributed by atoms with Crippen molar-refractivity contribution < 1.29 is 4.79 Å². The summed E-state index contributed by atoms with van der Waals surface area (Å²) >= 11 is 0. The number of fused-ring (bicyclic) bond motifs is 1. The van der Waals surface area contributed by atoms with E-state index in [2.05, 4.69) is 39.6 Å². The Morgan fingerprint density at radius 3 is 2.80 bits per heavy atom. The van der Waals surface area contributed by atoms with Crippen LogP contribution in [0.4, 0.5) is 0 Å². The van der Waals surface area contributed by atoms with Gasteiger partial charge >= 0.3 is 0 Å². The Morgan fingerprint density at radius 1 is 1.24 bits per heavy atom. The van der Waals surface area contributed by atoms with Crippen molar-refractivity contribution in [3.8, 4) is 0 Å². The van der Waals surface area contributed by atoms with Crippen LogP contribution in [0.25, 0.3) is 0 Å². The number of nitrogens with zero attached hydrogens (tertiary/aromatic N) is 3. The maximum Gasteiger partial charge on any atom is 0.226 e. The molecule has 1 aliphatic heterocycles. The van der Waals surface area contributed by atoms with Gasteiger partial charge in [-0.25, -0.2) is 0 Å². The molecular formula is C20H26N4O. The molecule has 5 heteroatoms. The zero-order valence-electron chi connectivity index (χ0n) is 14.8. The molecule has 1 aliphatic carbocycles. The Morgan fingerprint density at radius 2 is 2.04 bits per heavy atom. The summed E-state index contributed by atoms with van der Waals surface area (Å²) in [6, 6.07) is 11.0. The van der Waals surface area contributed by atoms with Gasteiger partial charge in [-0.15, -0.1) is 0 Å². The van der Waals surface area contributed by atoms with Gasteiger partial charge in [-0.2, -0.15) is 5.10 Å². The van der Waals surface area contributed by atoms with E-state index in [1.807, 2.05) is 13.1 Å². The van der Waals surface area contributed by atoms with Gasteiger partial charge in [0.15, 0.2) is 0 Å². The first kappa shape index (κ1) is 16.3. The van der Waals surface area contributed by atoms with E-state index in [9.17, 15) is 4.79 Å². The zero-order chi connectivity index (χ0) is 17.2. The van der Waals surface area contributed by atoms with Crippen LogP contribution in [0.15, 0.2) is 36.5 Å². The maximum absolute atomic E-state index is 12.7. The number of carbonyl (C=O) groups excluding carboxylic acids is 1. The summed E-state index contributed by atoms with van der Waals surface area (Å²) in [7, 11) is 1.88. The highest BCUT2D eigenvalue weighted by Gasteiger charge is 2.35. The number of benzene rings is 1. The number of nitrogens with one attached hydrogen (secondary N) is 1. The maximum atomic E-state index is 12.7. The molecule has 0 bridgehead atoms. The molecule has 5 nitrogen and oxygen atoms in total. The van der Waals surface area contributed by atoms with E-state index in [-0.39, 0.29) is 11.9 Å². The van der Waals surface area contributed by atoms with Gasteiger partial charge in [-0.3, -0.25) is 14.4 Å². The van der Waals surface area contributed by atoms with Crippen LogP contribution in [0.1, 0.15) is 42.1 Å². The Labute approximate surface area is 149 Å². The highest BCUT2D eigenvalue weighted by atomic mass is 16.1. The summed E-state index contributed by atoms with van der Waals surface area (Å²) < 4.78 is 1.77. The van der Waals surface area contributed by atoms with Gasteiger partial charge < -0.3 is 5.32 Å². The molecule has 1 N–H and O–H groups in total. The average Bonchev–Trinajstić information content (AvgIpc) is 3.28. The van der Waals surface area contributed by atoms with E-state index in [1.54, 1.807) is 10.9 Å². The van der Waals surface area contributed by atoms with Crippen LogP contribution >= 0.6 is 0 Å². The summed E-state index contributed by atoms with van der Waals surface area (Å²) in [5.41, 5.74) is 3.62. The van der Waals surface area contributed by atoms with E-state index in [0.29, 0.717) is 12.5 Å². The molecule has 2 atom stereocenters. The highest BCUT2D eigenvalue weighted by molar-refractivity contribution is 5.78. The largest absolute Gasteiger partial charge is 0.347 e. The van der Waals surface area contributed by atoms with Crippen molar-refractivity contribution in [2.75, 3.05) is 13.1 Å². The van der Waals surface area contributed by atoms with Gasteiger partial charge in [0.2, 0.25) is 5.91 Å². The first-order valence-corrected chi connectivity index (χ1v) is 9.30. The monoisotopic (exact) mass is 338 g/mol. The lowest BCUT2D eigenvalue weighted by atomic mass is 9.83. The van der Waals surface area contributed by atoms with Gasteiger partial charge in [-0.1, -0.05) is 24.3 Å². The highest BCUT2D eigenvalue weighted by Crippen LogP contribution is 2.34. The van der Waals surface area contributed by atoms with Crippen LogP contribution in [0, 0.1) is 0 Å². The fraction of sp³-hybridized carbons (Fsp3) is 0.500. The zero-order valence-corrected chi connectivity index (χ0v) is 14.8. The minimum Gasteiger partial charge on any atom is -0.347 e. The Bertz CT molecular complexity index is 748. The second kappa shape index (κ2) is 7.00. The Kier molecular flexibility index (Phi) is 4.57. The second-order valence-electron chi connectivity index (χ2n) is 7.22. The van der Waals surface area contributed by atoms with Gasteiger partial charge in [0.05, 0.1) is 12.5 Å². The van der Waals surface area contributed by atoms with E-state index in [4.69, 9.17) is 0 Å². The minimum atomic E-state index is 0.0782. The third-order valence-corrected chi connectivity index (χ3v) is 5.67. The molecule has 4 rings (SSSR count). The van der Waals surface area contributed by atoms with Crippen LogP contribution in [0.2, 0.25) is 0 Å². The molecule has 0 spiro atoms.